The van der Waals surface area contributed by atoms with Gasteiger partial charge in [0.1, 0.15) is 0 Å². The lowest BCUT2D eigenvalue weighted by molar-refractivity contribution is -0.576. The molecule has 6 nitrogen and oxygen atoms in total. The van der Waals surface area contributed by atoms with Crippen LogP contribution >= 0.6 is 23.2 Å². The highest BCUT2D eigenvalue weighted by atomic mass is 35.5. The predicted octanol–water partition coefficient (Wildman–Crippen LogP) is 5.36. The van der Waals surface area contributed by atoms with E-state index in [1.807, 2.05) is 13.8 Å². The highest BCUT2D eigenvalue weighted by Crippen LogP contribution is 2.60. The van der Waals surface area contributed by atoms with Crippen LogP contribution in [-0.2, 0) is 24.0 Å². The molecule has 1 spiro atoms. The third-order valence-corrected chi connectivity index (χ3v) is 8.02. The Kier molecular flexibility index (Phi) is 5.12. The number of carbonyl (C=O) groups excluding carboxylic acids is 1. The highest BCUT2D eigenvalue weighted by molar-refractivity contribution is 6.36. The minimum Gasteiger partial charge on any atom is -0.432 e. The van der Waals surface area contributed by atoms with Crippen LogP contribution in [0.15, 0.2) is 18.2 Å². The fraction of sp³-hybridized carbons (Fsp3) is 0.682. The zero-order valence-corrected chi connectivity index (χ0v) is 18.7. The van der Waals surface area contributed by atoms with Gasteiger partial charge in [-0.2, -0.15) is 0 Å². The van der Waals surface area contributed by atoms with Crippen LogP contribution in [0.5, 0.6) is 0 Å². The molecule has 8 atom stereocenters. The molecular formula is C22H26Cl2O6. The largest absolute Gasteiger partial charge is 0.432 e. The molecule has 1 aromatic carbocycles. The maximum atomic E-state index is 12.8. The van der Waals surface area contributed by atoms with E-state index >= 15 is 0 Å². The van der Waals surface area contributed by atoms with E-state index in [9.17, 15) is 4.79 Å². The molecule has 0 N–H and O–H groups in total. The van der Waals surface area contributed by atoms with Gasteiger partial charge in [-0.05, 0) is 56.2 Å². The summed E-state index contributed by atoms with van der Waals surface area (Å²) in [4.78, 5) is 24.7. The molecule has 1 aliphatic carbocycles. The number of carbonyl (C=O) groups is 1. The van der Waals surface area contributed by atoms with Crippen LogP contribution in [0.25, 0.3) is 0 Å². The Morgan fingerprint density at radius 1 is 1.13 bits per heavy atom. The quantitative estimate of drug-likeness (QED) is 0.440. The van der Waals surface area contributed by atoms with E-state index in [4.69, 9.17) is 47.2 Å². The van der Waals surface area contributed by atoms with Gasteiger partial charge in [-0.1, -0.05) is 37.0 Å². The summed E-state index contributed by atoms with van der Waals surface area (Å²) in [6.45, 7) is 6.16. The van der Waals surface area contributed by atoms with E-state index in [1.165, 1.54) is 6.07 Å². The van der Waals surface area contributed by atoms with Crippen molar-refractivity contribution < 1.29 is 28.8 Å². The van der Waals surface area contributed by atoms with E-state index < -0.39 is 29.9 Å². The maximum Gasteiger partial charge on any atom is 0.341 e. The third kappa shape index (κ3) is 3.11. The van der Waals surface area contributed by atoms with E-state index in [0.29, 0.717) is 10.9 Å². The first kappa shape index (κ1) is 21.0. The molecule has 4 aliphatic heterocycles. The van der Waals surface area contributed by atoms with Crippen molar-refractivity contribution in [2.75, 3.05) is 0 Å². The fourth-order valence-electron chi connectivity index (χ4n) is 5.83. The van der Waals surface area contributed by atoms with Gasteiger partial charge in [-0.25, -0.2) is 14.6 Å². The van der Waals surface area contributed by atoms with Gasteiger partial charge in [0.2, 0.25) is 12.1 Å². The zero-order chi connectivity index (χ0) is 21.3. The number of rotatable bonds is 2. The Labute approximate surface area is 186 Å². The van der Waals surface area contributed by atoms with Crippen LogP contribution < -0.4 is 0 Å². The second-order valence-electron chi connectivity index (χ2n) is 9.30. The van der Waals surface area contributed by atoms with Crippen molar-refractivity contribution in [1.82, 2.24) is 0 Å². The molecule has 5 aliphatic rings. The second-order valence-corrected chi connectivity index (χ2v) is 10.1. The number of esters is 1. The topological polar surface area (TPSA) is 63.2 Å². The van der Waals surface area contributed by atoms with Crippen molar-refractivity contribution in [2.24, 2.45) is 23.7 Å². The molecular weight excluding hydrogens is 431 g/mol. The summed E-state index contributed by atoms with van der Waals surface area (Å²) in [5.74, 6) is -0.701. The number of hydrogen-bond donors (Lipinski definition) is 0. The van der Waals surface area contributed by atoms with Crippen molar-refractivity contribution in [3.8, 4) is 0 Å². The van der Waals surface area contributed by atoms with Crippen LogP contribution in [0, 0.1) is 23.7 Å². The first-order chi connectivity index (χ1) is 14.2. The van der Waals surface area contributed by atoms with Gasteiger partial charge >= 0.3 is 5.97 Å². The zero-order valence-electron chi connectivity index (χ0n) is 17.2. The Morgan fingerprint density at radius 2 is 1.93 bits per heavy atom. The third-order valence-electron chi connectivity index (χ3n) is 7.47. The van der Waals surface area contributed by atoms with Crippen LogP contribution in [0.1, 0.15) is 56.8 Å². The van der Waals surface area contributed by atoms with Crippen LogP contribution in [0.2, 0.25) is 10.0 Å². The molecule has 1 saturated carbocycles. The van der Waals surface area contributed by atoms with Crippen molar-refractivity contribution in [3.63, 3.8) is 0 Å². The molecule has 4 heterocycles. The first-order valence-electron chi connectivity index (χ1n) is 10.6. The van der Waals surface area contributed by atoms with Gasteiger partial charge in [0.15, 0.2) is 11.9 Å². The average molecular weight is 457 g/mol. The number of fused-ring (bicyclic) bond motifs is 2. The van der Waals surface area contributed by atoms with Crippen molar-refractivity contribution in [3.05, 3.63) is 33.8 Å². The summed E-state index contributed by atoms with van der Waals surface area (Å²) in [6.07, 6.45) is 2.26. The maximum absolute atomic E-state index is 12.8. The summed E-state index contributed by atoms with van der Waals surface area (Å²) < 4.78 is 18.3. The number of benzene rings is 1. The minimum absolute atomic E-state index is 0.0820. The van der Waals surface area contributed by atoms with Gasteiger partial charge in [0.25, 0.3) is 0 Å². The highest BCUT2D eigenvalue weighted by Gasteiger charge is 2.69. The molecule has 5 fully saturated rings. The molecule has 164 valence electrons. The van der Waals surface area contributed by atoms with E-state index in [-0.39, 0.29) is 28.3 Å². The molecule has 30 heavy (non-hydrogen) atoms. The SMILES string of the molecule is C[C@@H]1[C@H](OC(=O)c2ccc(Cl)cc2Cl)O[C@@H]2O[C@@]3(C)CC[C@@H]4[C@H](C)CC[C@H]1[C@@]24OO3. The standard InChI is InChI=1S/C22H26Cl2O6/c1-11-4-7-16-12(2)19(26-18(25)14-6-5-13(23)10-17(14)24)27-20-22(16)15(11)8-9-21(3,28-20)29-30-22/h5-6,10-12,15-16,19-20H,4,7-9H2,1-3H3/t11-,12+,15-,16-,19-,20-,21-,22-/m1/s1. The van der Waals surface area contributed by atoms with Gasteiger partial charge in [0, 0.05) is 23.3 Å². The number of halogens is 2. The summed E-state index contributed by atoms with van der Waals surface area (Å²) in [5.41, 5.74) is -0.435. The lowest BCUT2D eigenvalue weighted by Gasteiger charge is -2.59. The van der Waals surface area contributed by atoms with Crippen molar-refractivity contribution >= 4 is 29.2 Å². The van der Waals surface area contributed by atoms with E-state index in [1.54, 1.807) is 12.1 Å². The molecule has 2 bridgehead atoms. The first-order valence-corrected chi connectivity index (χ1v) is 11.4. The van der Waals surface area contributed by atoms with Gasteiger partial charge in [-0.15, -0.1) is 0 Å². The van der Waals surface area contributed by atoms with Gasteiger partial charge in [0.05, 0.1) is 10.6 Å². The van der Waals surface area contributed by atoms with Gasteiger partial charge in [-0.3, -0.25) is 0 Å². The molecule has 0 amide bonds. The average Bonchev–Trinajstić information content (AvgIpc) is 2.92. The lowest BCUT2D eigenvalue weighted by atomic mass is 9.58. The van der Waals surface area contributed by atoms with Gasteiger partial charge < -0.3 is 14.2 Å². The van der Waals surface area contributed by atoms with E-state index in [0.717, 1.165) is 25.7 Å². The van der Waals surface area contributed by atoms with Crippen molar-refractivity contribution in [1.29, 1.82) is 0 Å². The fourth-order valence-corrected chi connectivity index (χ4v) is 6.32. The Balaban J connectivity index is 1.45. The molecule has 0 radical (unpaired) electrons. The Bertz CT molecular complexity index is 864. The van der Waals surface area contributed by atoms with Crippen molar-refractivity contribution in [2.45, 2.75) is 70.4 Å². The Morgan fingerprint density at radius 3 is 2.70 bits per heavy atom. The molecule has 8 heteroatoms. The minimum atomic E-state index is -0.869. The summed E-state index contributed by atoms with van der Waals surface area (Å²) in [7, 11) is 0. The molecule has 6 rings (SSSR count). The monoisotopic (exact) mass is 456 g/mol. The molecule has 0 unspecified atom stereocenters. The number of ether oxygens (including phenoxy) is 3. The molecule has 0 aromatic heterocycles. The molecule has 1 aromatic rings. The normalized spacial score (nSPS) is 44.8. The van der Waals surface area contributed by atoms with Crippen LogP contribution in [0.4, 0.5) is 0 Å². The number of hydrogen-bond acceptors (Lipinski definition) is 6. The summed E-state index contributed by atoms with van der Waals surface area (Å²) >= 11 is 12.1. The van der Waals surface area contributed by atoms with Crippen LogP contribution in [0.3, 0.4) is 0 Å². The Hall–Kier alpha value is -0.890. The van der Waals surface area contributed by atoms with Crippen LogP contribution in [-0.4, -0.2) is 29.9 Å². The predicted molar refractivity (Wildman–Crippen MR) is 109 cm³/mol. The smallest absolute Gasteiger partial charge is 0.341 e. The van der Waals surface area contributed by atoms with E-state index in [2.05, 4.69) is 6.92 Å². The summed E-state index contributed by atoms with van der Waals surface area (Å²) in [6, 6.07) is 4.69. The molecule has 4 saturated heterocycles. The lowest BCUT2D eigenvalue weighted by Crippen LogP contribution is -2.70. The second kappa shape index (κ2) is 7.32. The summed E-state index contributed by atoms with van der Waals surface area (Å²) in [5, 5.41) is 0.699.